The Hall–Kier alpha value is -2.38. The van der Waals surface area contributed by atoms with E-state index in [0.29, 0.717) is 5.65 Å². The Bertz CT molecular complexity index is 631. The molecule has 0 radical (unpaired) electrons. The number of aromatic nitrogens is 3. The molecule has 0 spiro atoms. The molecule has 18 heavy (non-hydrogen) atoms. The lowest BCUT2D eigenvalue weighted by Gasteiger charge is -2.03. The number of halogens is 3. The maximum Gasteiger partial charge on any atom is 0.282 e. The fraction of sp³-hybridized carbons (Fsp3) is 0.100. The smallest absolute Gasteiger partial charge is 0.282 e. The maximum atomic E-state index is 12.5. The summed E-state index contributed by atoms with van der Waals surface area (Å²) in [5, 5.41) is 10.3. The number of allylic oxidation sites excluding steroid dienone is 1. The molecule has 5 nitrogen and oxygen atoms in total. The minimum atomic E-state index is -2.73. The molecule has 2 heterocycles. The van der Waals surface area contributed by atoms with Crippen LogP contribution in [0.2, 0.25) is 0 Å². The minimum absolute atomic E-state index is 0.117. The Labute approximate surface area is 99.2 Å². The van der Waals surface area contributed by atoms with E-state index in [4.69, 9.17) is 11.1 Å². The zero-order valence-corrected chi connectivity index (χ0v) is 8.94. The van der Waals surface area contributed by atoms with Crippen LogP contribution in [0.1, 0.15) is 17.8 Å². The predicted octanol–water partition coefficient (Wildman–Crippen LogP) is 1.91. The second kappa shape index (κ2) is 4.47. The highest BCUT2D eigenvalue weighted by Gasteiger charge is 2.13. The summed E-state index contributed by atoms with van der Waals surface area (Å²) in [7, 11) is 0. The summed E-state index contributed by atoms with van der Waals surface area (Å²) < 4.78 is 38.5. The molecular weight excluding hydrogens is 247 g/mol. The van der Waals surface area contributed by atoms with Crippen molar-refractivity contribution in [3.8, 4) is 0 Å². The number of alkyl halides is 2. The van der Waals surface area contributed by atoms with Crippen molar-refractivity contribution >= 4 is 17.3 Å². The highest BCUT2D eigenvalue weighted by atomic mass is 19.3. The molecule has 0 amide bonds. The van der Waals surface area contributed by atoms with Crippen LogP contribution in [0.25, 0.3) is 11.3 Å². The molecule has 0 bridgehead atoms. The van der Waals surface area contributed by atoms with Crippen molar-refractivity contribution in [3.63, 3.8) is 0 Å². The largest absolute Gasteiger partial charge is 0.397 e. The van der Waals surface area contributed by atoms with Gasteiger partial charge in [0.1, 0.15) is 11.4 Å². The highest BCUT2D eigenvalue weighted by molar-refractivity contribution is 5.91. The third kappa shape index (κ3) is 2.17. The number of hydrogen-bond acceptors (Lipinski definition) is 4. The fourth-order valence-corrected chi connectivity index (χ4v) is 1.41. The Morgan fingerprint density at radius 1 is 1.44 bits per heavy atom. The molecule has 94 valence electrons. The third-order valence-corrected chi connectivity index (χ3v) is 2.18. The number of rotatable bonds is 3. The Morgan fingerprint density at radius 3 is 2.78 bits per heavy atom. The summed E-state index contributed by atoms with van der Waals surface area (Å²) >= 11 is 0. The normalized spacial score (nSPS) is 12.3. The van der Waals surface area contributed by atoms with Crippen LogP contribution in [0.5, 0.6) is 0 Å². The van der Waals surface area contributed by atoms with Crippen molar-refractivity contribution in [1.29, 1.82) is 5.41 Å². The van der Waals surface area contributed by atoms with Crippen molar-refractivity contribution in [2.75, 3.05) is 0 Å². The molecule has 0 aromatic carbocycles. The van der Waals surface area contributed by atoms with Crippen molar-refractivity contribution in [3.05, 3.63) is 35.8 Å². The van der Waals surface area contributed by atoms with Gasteiger partial charge in [-0.1, -0.05) is 0 Å². The van der Waals surface area contributed by atoms with E-state index >= 15 is 0 Å². The van der Waals surface area contributed by atoms with Crippen molar-refractivity contribution in [2.24, 2.45) is 5.73 Å². The third-order valence-electron chi connectivity index (χ3n) is 2.18. The van der Waals surface area contributed by atoms with Crippen LogP contribution < -0.4 is 5.73 Å². The molecule has 2 aromatic rings. The predicted molar refractivity (Wildman–Crippen MR) is 58.9 cm³/mol. The van der Waals surface area contributed by atoms with Crippen LogP contribution in [0.4, 0.5) is 13.2 Å². The van der Waals surface area contributed by atoms with E-state index in [-0.39, 0.29) is 11.4 Å². The molecule has 0 unspecified atom stereocenters. The van der Waals surface area contributed by atoms with E-state index in [0.717, 1.165) is 16.7 Å². The van der Waals surface area contributed by atoms with Gasteiger partial charge in [-0.3, -0.25) is 5.41 Å². The van der Waals surface area contributed by atoms with Gasteiger partial charge in [0, 0.05) is 6.08 Å². The van der Waals surface area contributed by atoms with Gasteiger partial charge in [0.25, 0.3) is 6.43 Å². The Morgan fingerprint density at radius 2 is 2.17 bits per heavy atom. The molecule has 8 heteroatoms. The van der Waals surface area contributed by atoms with Gasteiger partial charge in [0.15, 0.2) is 5.65 Å². The second-order valence-electron chi connectivity index (χ2n) is 3.42. The van der Waals surface area contributed by atoms with Gasteiger partial charge in [-0.2, -0.15) is 9.49 Å². The van der Waals surface area contributed by atoms with Crippen LogP contribution in [0.3, 0.4) is 0 Å². The van der Waals surface area contributed by atoms with Crippen molar-refractivity contribution in [2.45, 2.75) is 6.43 Å². The molecule has 2 rings (SSSR count). The number of nitrogens with one attached hydrogen (secondary N) is 1. The van der Waals surface area contributed by atoms with Crippen LogP contribution in [-0.2, 0) is 0 Å². The molecule has 0 aliphatic carbocycles. The van der Waals surface area contributed by atoms with E-state index in [1.807, 2.05) is 0 Å². The van der Waals surface area contributed by atoms with Crippen molar-refractivity contribution in [1.82, 2.24) is 14.6 Å². The molecule has 0 fully saturated rings. The Kier molecular flexibility index (Phi) is 3.00. The molecule has 3 N–H and O–H groups in total. The summed E-state index contributed by atoms with van der Waals surface area (Å²) in [5.41, 5.74) is 5.42. The summed E-state index contributed by atoms with van der Waals surface area (Å²) in [4.78, 5) is 3.89. The number of hydrogen-bond donors (Lipinski definition) is 2. The van der Waals surface area contributed by atoms with Crippen LogP contribution in [0, 0.1) is 5.41 Å². The average molecular weight is 255 g/mol. The monoisotopic (exact) mass is 255 g/mol. The van der Waals surface area contributed by atoms with E-state index in [1.165, 1.54) is 12.3 Å². The van der Waals surface area contributed by atoms with Crippen LogP contribution in [0.15, 0.2) is 24.4 Å². The van der Waals surface area contributed by atoms with Crippen LogP contribution in [-0.4, -0.2) is 20.6 Å². The molecule has 2 aromatic heterocycles. The van der Waals surface area contributed by atoms with Gasteiger partial charge >= 0.3 is 0 Å². The highest BCUT2D eigenvalue weighted by Crippen LogP contribution is 2.18. The van der Waals surface area contributed by atoms with E-state index in [1.54, 1.807) is 0 Å². The lowest BCUT2D eigenvalue weighted by Crippen LogP contribution is -2.06. The minimum Gasteiger partial charge on any atom is -0.397 e. The lowest BCUT2D eigenvalue weighted by atomic mass is 10.3. The number of nitrogens with zero attached hydrogens (tertiary/aromatic N) is 3. The zero-order chi connectivity index (χ0) is 13.3. The van der Waals surface area contributed by atoms with Gasteiger partial charge in [-0.25, -0.2) is 18.3 Å². The average Bonchev–Trinajstić information content (AvgIpc) is 2.70. The molecule has 0 aliphatic heterocycles. The van der Waals surface area contributed by atoms with Gasteiger partial charge in [0.05, 0.1) is 11.9 Å². The quantitative estimate of drug-likeness (QED) is 0.822. The molecule has 0 saturated heterocycles. The van der Waals surface area contributed by atoms with Crippen LogP contribution >= 0.6 is 0 Å². The zero-order valence-electron chi connectivity index (χ0n) is 8.94. The summed E-state index contributed by atoms with van der Waals surface area (Å²) in [5.74, 6) is -1.24. The summed E-state index contributed by atoms with van der Waals surface area (Å²) in [6, 6.07) is 2.50. The van der Waals surface area contributed by atoms with Gasteiger partial charge < -0.3 is 5.73 Å². The summed E-state index contributed by atoms with van der Waals surface area (Å²) in [6.45, 7) is 0. The second-order valence-corrected chi connectivity index (χ2v) is 3.42. The molecule has 0 saturated carbocycles. The SMILES string of the molecule is N=C(F)C=C(N)c1cnc2ccc(C(F)F)nn12. The van der Waals surface area contributed by atoms with E-state index < -0.39 is 18.1 Å². The number of nitrogens with two attached hydrogens (primary N) is 1. The maximum absolute atomic E-state index is 12.5. The van der Waals surface area contributed by atoms with Gasteiger partial charge in [-0.05, 0) is 12.1 Å². The van der Waals surface area contributed by atoms with Gasteiger partial charge in [0.2, 0.25) is 5.97 Å². The van der Waals surface area contributed by atoms with Gasteiger partial charge in [-0.15, -0.1) is 0 Å². The first kappa shape index (κ1) is 12.1. The van der Waals surface area contributed by atoms with E-state index in [9.17, 15) is 13.2 Å². The summed E-state index contributed by atoms with van der Waals surface area (Å²) in [6.07, 6.45) is -0.707. The van der Waals surface area contributed by atoms with Crippen molar-refractivity contribution < 1.29 is 13.2 Å². The molecule has 0 aliphatic rings. The molecule has 0 atom stereocenters. The number of imidazole rings is 1. The Balaban J connectivity index is 2.58. The standard InChI is InChI=1S/C10H8F3N5/c11-8(15)3-5(14)7-4-16-9-2-1-6(10(12)13)17-18(7)9/h1-4,10,15H,14H2. The first-order valence-corrected chi connectivity index (χ1v) is 4.83. The first-order valence-electron chi connectivity index (χ1n) is 4.83. The number of fused-ring (bicyclic) bond motifs is 1. The van der Waals surface area contributed by atoms with E-state index in [2.05, 4.69) is 10.1 Å². The lowest BCUT2D eigenvalue weighted by molar-refractivity contribution is 0.144. The first-order chi connectivity index (χ1) is 8.49. The fourth-order valence-electron chi connectivity index (χ4n) is 1.41. The molecular formula is C10H8F3N5. The topological polar surface area (TPSA) is 80.1 Å².